The topological polar surface area (TPSA) is 68.5 Å². The molecule has 0 amide bonds. The first-order valence-electron chi connectivity index (χ1n) is 6.75. The van der Waals surface area contributed by atoms with Gasteiger partial charge in [-0.2, -0.15) is 0 Å². The van der Waals surface area contributed by atoms with Crippen molar-refractivity contribution in [2.75, 3.05) is 11.9 Å². The van der Waals surface area contributed by atoms with Crippen LogP contribution in [0.25, 0.3) is 10.9 Å². The fraction of sp³-hybridized carbons (Fsp3) is 0.286. The van der Waals surface area contributed by atoms with Gasteiger partial charge < -0.3 is 5.32 Å². The van der Waals surface area contributed by atoms with Gasteiger partial charge >= 0.3 is 0 Å². The predicted molar refractivity (Wildman–Crippen MR) is 84.3 cm³/mol. The molecule has 0 atom stereocenters. The fourth-order valence-corrected chi connectivity index (χ4v) is 2.90. The number of nitrogens with one attached hydrogen (secondary N) is 1. The number of benzene rings is 1. The van der Waals surface area contributed by atoms with E-state index in [0.717, 1.165) is 39.7 Å². The summed E-state index contributed by atoms with van der Waals surface area (Å²) in [6, 6.07) is 10.3. The third-order valence-corrected chi connectivity index (χ3v) is 4.14. The number of fused-ring (bicyclic) bond motifs is 1. The van der Waals surface area contributed by atoms with E-state index in [1.807, 2.05) is 25.2 Å². The van der Waals surface area contributed by atoms with Gasteiger partial charge in [0, 0.05) is 30.3 Å². The number of aryl methyl sites for hydroxylation is 1. The molecule has 2 heterocycles. The van der Waals surface area contributed by atoms with E-state index in [9.17, 15) is 0 Å². The quantitative estimate of drug-likeness (QED) is 0.730. The molecule has 0 bridgehead atoms. The highest BCUT2D eigenvalue weighted by molar-refractivity contribution is 7.98. The van der Waals surface area contributed by atoms with Gasteiger partial charge in [-0.05, 0) is 29.5 Å². The maximum Gasteiger partial charge on any atom is 0.209 e. The Bertz CT molecular complexity index is 754. The Morgan fingerprint density at radius 3 is 2.90 bits per heavy atom. The van der Waals surface area contributed by atoms with E-state index in [-0.39, 0.29) is 0 Å². The number of thioether (sulfide) groups is 1. The number of tetrazole rings is 1. The molecular formula is C14H16N6S. The summed E-state index contributed by atoms with van der Waals surface area (Å²) in [7, 11) is 1.84. The van der Waals surface area contributed by atoms with Gasteiger partial charge in [-0.3, -0.25) is 0 Å². The van der Waals surface area contributed by atoms with Gasteiger partial charge in [-0.15, -0.1) is 5.10 Å². The standard InChI is InChI=1S/C14H16N6S/c1-3-15-13-11(9-21-14-17-18-19-20(14)2)8-10-6-4-5-7-12(10)16-13/h4-8H,3,9H2,1-2H3,(H,15,16). The molecule has 108 valence electrons. The Hall–Kier alpha value is -2.15. The van der Waals surface area contributed by atoms with E-state index < -0.39 is 0 Å². The van der Waals surface area contributed by atoms with Crippen molar-refractivity contribution in [3.8, 4) is 0 Å². The largest absolute Gasteiger partial charge is 0.370 e. The van der Waals surface area contributed by atoms with Crippen LogP contribution in [-0.2, 0) is 12.8 Å². The van der Waals surface area contributed by atoms with Crippen LogP contribution in [0.1, 0.15) is 12.5 Å². The van der Waals surface area contributed by atoms with E-state index in [4.69, 9.17) is 4.98 Å². The van der Waals surface area contributed by atoms with Crippen LogP contribution in [0.5, 0.6) is 0 Å². The lowest BCUT2D eigenvalue weighted by Crippen LogP contribution is -2.03. The van der Waals surface area contributed by atoms with E-state index >= 15 is 0 Å². The van der Waals surface area contributed by atoms with Crippen molar-refractivity contribution in [3.05, 3.63) is 35.9 Å². The summed E-state index contributed by atoms with van der Waals surface area (Å²) in [4.78, 5) is 4.70. The van der Waals surface area contributed by atoms with Crippen LogP contribution in [0.3, 0.4) is 0 Å². The second-order valence-corrected chi connectivity index (χ2v) is 5.54. The Morgan fingerprint density at radius 1 is 1.29 bits per heavy atom. The van der Waals surface area contributed by atoms with Crippen LogP contribution < -0.4 is 5.32 Å². The highest BCUT2D eigenvalue weighted by Gasteiger charge is 2.09. The normalized spacial score (nSPS) is 11.0. The first-order chi connectivity index (χ1) is 10.3. The average molecular weight is 300 g/mol. The minimum atomic E-state index is 0.772. The van der Waals surface area contributed by atoms with Gasteiger partial charge in [0.15, 0.2) is 0 Å². The lowest BCUT2D eigenvalue weighted by Gasteiger charge is -2.11. The van der Waals surface area contributed by atoms with Crippen LogP contribution in [0.2, 0.25) is 0 Å². The minimum absolute atomic E-state index is 0.772. The SMILES string of the molecule is CCNc1nc2ccccc2cc1CSc1nnnn1C. The summed E-state index contributed by atoms with van der Waals surface area (Å²) in [6.45, 7) is 2.91. The molecule has 3 aromatic rings. The van der Waals surface area contributed by atoms with Crippen LogP contribution in [-0.4, -0.2) is 31.7 Å². The van der Waals surface area contributed by atoms with Crippen molar-refractivity contribution >= 4 is 28.5 Å². The number of para-hydroxylation sites is 1. The smallest absolute Gasteiger partial charge is 0.209 e. The summed E-state index contributed by atoms with van der Waals surface area (Å²) in [5.74, 6) is 1.70. The van der Waals surface area contributed by atoms with Gasteiger partial charge in [0.25, 0.3) is 0 Å². The lowest BCUT2D eigenvalue weighted by molar-refractivity contribution is 0.664. The highest BCUT2D eigenvalue weighted by atomic mass is 32.2. The molecule has 2 aromatic heterocycles. The summed E-state index contributed by atoms with van der Waals surface area (Å²) < 4.78 is 1.67. The van der Waals surface area contributed by atoms with Crippen LogP contribution in [0, 0.1) is 0 Å². The summed E-state index contributed by atoms with van der Waals surface area (Å²) in [6.07, 6.45) is 0. The van der Waals surface area contributed by atoms with Crippen molar-refractivity contribution in [1.29, 1.82) is 0 Å². The van der Waals surface area contributed by atoms with Gasteiger partial charge in [0.05, 0.1) is 5.52 Å². The summed E-state index contributed by atoms with van der Waals surface area (Å²) in [5, 5.41) is 16.8. The maximum atomic E-state index is 4.70. The van der Waals surface area contributed by atoms with E-state index in [1.165, 1.54) is 0 Å². The molecule has 0 saturated carbocycles. The molecule has 0 unspecified atom stereocenters. The van der Waals surface area contributed by atoms with Gasteiger partial charge in [-0.1, -0.05) is 30.0 Å². The zero-order chi connectivity index (χ0) is 14.7. The van der Waals surface area contributed by atoms with Crippen molar-refractivity contribution in [2.45, 2.75) is 17.8 Å². The molecular weight excluding hydrogens is 284 g/mol. The molecule has 7 heteroatoms. The maximum absolute atomic E-state index is 4.70. The Kier molecular flexibility index (Phi) is 4.01. The number of rotatable bonds is 5. The lowest BCUT2D eigenvalue weighted by atomic mass is 10.1. The Morgan fingerprint density at radius 2 is 2.14 bits per heavy atom. The number of nitrogens with zero attached hydrogens (tertiary/aromatic N) is 5. The summed E-state index contributed by atoms with van der Waals surface area (Å²) in [5.41, 5.74) is 2.16. The molecule has 6 nitrogen and oxygen atoms in total. The second kappa shape index (κ2) is 6.09. The molecule has 0 spiro atoms. The molecule has 1 aromatic carbocycles. The third-order valence-electron chi connectivity index (χ3n) is 3.09. The van der Waals surface area contributed by atoms with Crippen molar-refractivity contribution in [2.24, 2.45) is 7.05 Å². The summed E-state index contributed by atoms with van der Waals surface area (Å²) >= 11 is 1.60. The van der Waals surface area contributed by atoms with Crippen LogP contribution in [0.4, 0.5) is 5.82 Å². The monoisotopic (exact) mass is 300 g/mol. The van der Waals surface area contributed by atoms with Crippen molar-refractivity contribution in [3.63, 3.8) is 0 Å². The van der Waals surface area contributed by atoms with E-state index in [1.54, 1.807) is 16.4 Å². The Labute approximate surface area is 127 Å². The van der Waals surface area contributed by atoms with Crippen molar-refractivity contribution in [1.82, 2.24) is 25.2 Å². The van der Waals surface area contributed by atoms with E-state index in [2.05, 4.69) is 39.9 Å². The molecule has 0 radical (unpaired) electrons. The average Bonchev–Trinajstić information content (AvgIpc) is 2.90. The highest BCUT2D eigenvalue weighted by Crippen LogP contribution is 2.26. The van der Waals surface area contributed by atoms with E-state index in [0.29, 0.717) is 0 Å². The van der Waals surface area contributed by atoms with Crippen LogP contribution in [0.15, 0.2) is 35.5 Å². The molecule has 0 saturated heterocycles. The Balaban J connectivity index is 1.91. The second-order valence-electron chi connectivity index (χ2n) is 4.59. The third kappa shape index (κ3) is 2.97. The minimum Gasteiger partial charge on any atom is -0.370 e. The first kappa shape index (κ1) is 13.8. The van der Waals surface area contributed by atoms with Gasteiger partial charge in [0.1, 0.15) is 5.82 Å². The number of hydrogen-bond acceptors (Lipinski definition) is 6. The van der Waals surface area contributed by atoms with Gasteiger partial charge in [0.2, 0.25) is 5.16 Å². The molecule has 0 aliphatic rings. The molecule has 3 rings (SSSR count). The zero-order valence-electron chi connectivity index (χ0n) is 11.9. The molecule has 21 heavy (non-hydrogen) atoms. The first-order valence-corrected chi connectivity index (χ1v) is 7.74. The fourth-order valence-electron chi connectivity index (χ4n) is 2.08. The zero-order valence-corrected chi connectivity index (χ0v) is 12.8. The molecule has 0 aliphatic heterocycles. The number of anilines is 1. The number of hydrogen-bond donors (Lipinski definition) is 1. The van der Waals surface area contributed by atoms with Gasteiger partial charge in [-0.25, -0.2) is 9.67 Å². The number of aromatic nitrogens is 5. The van der Waals surface area contributed by atoms with Crippen molar-refractivity contribution < 1.29 is 0 Å². The molecule has 0 fully saturated rings. The number of pyridine rings is 1. The van der Waals surface area contributed by atoms with Crippen LogP contribution >= 0.6 is 11.8 Å². The molecule has 1 N–H and O–H groups in total. The predicted octanol–water partition coefficient (Wildman–Crippen LogP) is 2.48. The molecule has 0 aliphatic carbocycles.